The van der Waals surface area contributed by atoms with Gasteiger partial charge in [0.05, 0.1) is 24.1 Å². The Morgan fingerprint density at radius 3 is 2.48 bits per heavy atom. The first kappa shape index (κ1) is 15.7. The predicted molar refractivity (Wildman–Crippen MR) is 82.6 cm³/mol. The Hall–Kier alpha value is -1.72. The van der Waals surface area contributed by atoms with Crippen LogP contribution in [0.2, 0.25) is 5.02 Å². The zero-order chi connectivity index (χ0) is 15.2. The van der Waals surface area contributed by atoms with Gasteiger partial charge in [-0.15, -0.1) is 0 Å². The number of rotatable bonds is 5. The van der Waals surface area contributed by atoms with Crippen molar-refractivity contribution in [1.29, 1.82) is 0 Å². The van der Waals surface area contributed by atoms with Crippen LogP contribution < -0.4 is 0 Å². The van der Waals surface area contributed by atoms with Crippen LogP contribution in [-0.2, 0) is 27.0 Å². The maximum absolute atomic E-state index is 12.1. The van der Waals surface area contributed by atoms with Crippen molar-refractivity contribution in [2.75, 3.05) is 7.11 Å². The molecule has 0 N–H and O–H groups in total. The number of benzene rings is 1. The summed E-state index contributed by atoms with van der Waals surface area (Å²) < 4.78 is 16.7. The van der Waals surface area contributed by atoms with Crippen molar-refractivity contribution in [3.05, 3.63) is 64.4 Å². The average molecular weight is 324 g/mol. The van der Waals surface area contributed by atoms with Crippen LogP contribution in [0.15, 0.2) is 42.6 Å². The van der Waals surface area contributed by atoms with E-state index < -0.39 is 16.8 Å². The van der Waals surface area contributed by atoms with Crippen molar-refractivity contribution in [1.82, 2.24) is 4.98 Å². The van der Waals surface area contributed by atoms with Gasteiger partial charge in [-0.05, 0) is 29.8 Å². The van der Waals surface area contributed by atoms with Crippen LogP contribution in [0.1, 0.15) is 21.6 Å². The molecule has 21 heavy (non-hydrogen) atoms. The van der Waals surface area contributed by atoms with Crippen LogP contribution in [0.5, 0.6) is 0 Å². The molecule has 110 valence electrons. The number of aromatic nitrogens is 1. The summed E-state index contributed by atoms with van der Waals surface area (Å²) in [5.74, 6) is 0.345. The zero-order valence-corrected chi connectivity index (χ0v) is 13.0. The Balaban J connectivity index is 1.96. The Labute approximate surface area is 130 Å². The third-order valence-electron chi connectivity index (χ3n) is 2.80. The molecule has 0 radical (unpaired) electrons. The van der Waals surface area contributed by atoms with E-state index in [4.69, 9.17) is 11.6 Å². The highest BCUT2D eigenvalue weighted by Crippen LogP contribution is 2.13. The molecule has 1 aromatic carbocycles. The molecule has 1 unspecified atom stereocenters. The van der Waals surface area contributed by atoms with Crippen molar-refractivity contribution in [3.63, 3.8) is 0 Å². The largest absolute Gasteiger partial charge is 0.465 e. The van der Waals surface area contributed by atoms with E-state index in [1.54, 1.807) is 24.3 Å². The molecule has 0 aliphatic heterocycles. The molecule has 1 heterocycles. The van der Waals surface area contributed by atoms with Gasteiger partial charge in [0.1, 0.15) is 0 Å². The third-order valence-corrected chi connectivity index (χ3v) is 4.32. The lowest BCUT2D eigenvalue weighted by atomic mass is 10.2. The number of methoxy groups -OCH3 is 1. The van der Waals surface area contributed by atoms with E-state index in [1.165, 1.54) is 13.3 Å². The van der Waals surface area contributed by atoms with Gasteiger partial charge in [-0.1, -0.05) is 23.7 Å². The summed E-state index contributed by atoms with van der Waals surface area (Å²) in [6.07, 6.45) is 1.43. The smallest absolute Gasteiger partial charge is 0.339 e. The quantitative estimate of drug-likeness (QED) is 0.794. The van der Waals surface area contributed by atoms with Crippen LogP contribution in [0.4, 0.5) is 0 Å². The molecule has 0 aliphatic carbocycles. The number of hydrogen-bond acceptors (Lipinski definition) is 4. The first-order chi connectivity index (χ1) is 10.1. The van der Waals surface area contributed by atoms with Crippen molar-refractivity contribution in [2.24, 2.45) is 0 Å². The van der Waals surface area contributed by atoms with Crippen molar-refractivity contribution in [3.8, 4) is 0 Å². The van der Waals surface area contributed by atoms with Crippen molar-refractivity contribution >= 4 is 28.4 Å². The van der Waals surface area contributed by atoms with Crippen LogP contribution in [-0.4, -0.2) is 22.3 Å². The second-order valence-electron chi connectivity index (χ2n) is 4.38. The number of carbonyl (C=O) groups excluding carboxylic acids is 1. The highest BCUT2D eigenvalue weighted by Gasteiger charge is 2.08. The summed E-state index contributed by atoms with van der Waals surface area (Å²) in [5.41, 5.74) is 2.02. The van der Waals surface area contributed by atoms with Gasteiger partial charge in [0.15, 0.2) is 0 Å². The lowest BCUT2D eigenvalue weighted by Gasteiger charge is -2.04. The van der Waals surface area contributed by atoms with Crippen LogP contribution >= 0.6 is 11.6 Å². The van der Waals surface area contributed by atoms with Gasteiger partial charge in [-0.3, -0.25) is 9.19 Å². The Morgan fingerprint density at radius 2 is 1.90 bits per heavy atom. The van der Waals surface area contributed by atoms with Gasteiger partial charge in [0.2, 0.25) is 0 Å². The number of hydrogen-bond donors (Lipinski definition) is 0. The molecule has 0 spiro atoms. The van der Waals surface area contributed by atoms with Gasteiger partial charge >= 0.3 is 5.97 Å². The summed E-state index contributed by atoms with van der Waals surface area (Å²) in [6, 6.07) is 10.6. The van der Waals surface area contributed by atoms with E-state index in [-0.39, 0.29) is 0 Å². The number of nitrogens with zero attached hydrogens (tertiary/aromatic N) is 1. The average Bonchev–Trinajstić information content (AvgIpc) is 2.49. The van der Waals surface area contributed by atoms with E-state index in [0.717, 1.165) is 5.56 Å². The number of ether oxygens (including phenoxy) is 1. The highest BCUT2D eigenvalue weighted by atomic mass is 35.5. The second kappa shape index (κ2) is 7.33. The molecule has 0 bridgehead atoms. The summed E-state index contributed by atoms with van der Waals surface area (Å²) in [4.78, 5) is 15.4. The van der Waals surface area contributed by atoms with Crippen LogP contribution in [0.3, 0.4) is 0 Å². The molecule has 0 amide bonds. The SMILES string of the molecule is COC(=O)c1ccc(CS(=O)Cc2ccc(Cl)cc2)nc1. The van der Waals surface area contributed by atoms with Gasteiger partial charge in [-0.25, -0.2) is 4.79 Å². The van der Waals surface area contributed by atoms with Crippen molar-refractivity contribution in [2.45, 2.75) is 11.5 Å². The summed E-state index contributed by atoms with van der Waals surface area (Å²) in [6.45, 7) is 0. The standard InChI is InChI=1S/C15H14ClNO3S/c1-20-15(18)12-4-7-14(17-8-12)10-21(19)9-11-2-5-13(16)6-3-11/h2-8H,9-10H2,1H3. The molecule has 0 fully saturated rings. The lowest BCUT2D eigenvalue weighted by Crippen LogP contribution is -2.05. The normalized spacial score (nSPS) is 11.9. The monoisotopic (exact) mass is 323 g/mol. The fraction of sp³-hybridized carbons (Fsp3) is 0.200. The molecule has 0 saturated carbocycles. The van der Waals surface area contributed by atoms with Gasteiger partial charge in [0.25, 0.3) is 0 Å². The van der Waals surface area contributed by atoms with Gasteiger partial charge < -0.3 is 4.74 Å². The number of pyridine rings is 1. The molecule has 1 atom stereocenters. The first-order valence-electron chi connectivity index (χ1n) is 6.21. The first-order valence-corrected chi connectivity index (χ1v) is 8.08. The summed E-state index contributed by atoms with van der Waals surface area (Å²) in [7, 11) is 0.247. The van der Waals surface area contributed by atoms with Crippen molar-refractivity contribution < 1.29 is 13.7 Å². The topological polar surface area (TPSA) is 56.3 Å². The molecular weight excluding hydrogens is 310 g/mol. The van der Waals surface area contributed by atoms with Crippen LogP contribution in [0.25, 0.3) is 0 Å². The fourth-order valence-corrected chi connectivity index (χ4v) is 3.02. The highest BCUT2D eigenvalue weighted by molar-refractivity contribution is 7.83. The predicted octanol–water partition coefficient (Wildman–Crippen LogP) is 2.97. The number of halogens is 1. The molecular formula is C15H14ClNO3S. The summed E-state index contributed by atoms with van der Waals surface area (Å²) in [5, 5.41) is 0.657. The second-order valence-corrected chi connectivity index (χ2v) is 6.28. The lowest BCUT2D eigenvalue weighted by molar-refractivity contribution is 0.0600. The molecule has 0 aliphatic rings. The Kier molecular flexibility index (Phi) is 5.47. The van der Waals surface area contributed by atoms with E-state index in [1.807, 2.05) is 12.1 Å². The zero-order valence-electron chi connectivity index (χ0n) is 11.4. The Bertz CT molecular complexity index is 641. The fourth-order valence-electron chi connectivity index (χ4n) is 1.73. The third kappa shape index (κ3) is 4.65. The minimum atomic E-state index is -1.07. The maximum Gasteiger partial charge on any atom is 0.339 e. The van der Waals surface area contributed by atoms with E-state index in [9.17, 15) is 9.00 Å². The molecule has 6 heteroatoms. The minimum absolute atomic E-state index is 0.337. The van der Waals surface area contributed by atoms with E-state index in [0.29, 0.717) is 27.8 Å². The molecule has 4 nitrogen and oxygen atoms in total. The minimum Gasteiger partial charge on any atom is -0.465 e. The molecule has 2 aromatic rings. The number of esters is 1. The van der Waals surface area contributed by atoms with E-state index in [2.05, 4.69) is 9.72 Å². The molecule has 1 aromatic heterocycles. The van der Waals surface area contributed by atoms with Gasteiger partial charge in [-0.2, -0.15) is 0 Å². The maximum atomic E-state index is 12.1. The summed E-state index contributed by atoms with van der Waals surface area (Å²) >= 11 is 5.81. The Morgan fingerprint density at radius 1 is 1.19 bits per heavy atom. The van der Waals surface area contributed by atoms with Crippen LogP contribution in [0, 0.1) is 0 Å². The van der Waals surface area contributed by atoms with E-state index >= 15 is 0 Å². The molecule has 2 rings (SSSR count). The number of carbonyl (C=O) groups is 1. The molecule has 0 saturated heterocycles. The van der Waals surface area contributed by atoms with Gasteiger partial charge in [0, 0.05) is 27.8 Å².